The minimum Gasteiger partial charge on any atom is -0.454 e. The quantitative estimate of drug-likeness (QED) is 0.653. The maximum atomic E-state index is 12.1. The van der Waals surface area contributed by atoms with Crippen LogP contribution in [0.4, 0.5) is 0 Å². The summed E-state index contributed by atoms with van der Waals surface area (Å²) in [4.78, 5) is 24.2. The Morgan fingerprint density at radius 2 is 1.96 bits per heavy atom. The maximum Gasteiger partial charge on any atom is 0.374 e. The number of esters is 1. The molecule has 0 fully saturated rings. The van der Waals surface area contributed by atoms with Crippen LogP contribution in [0.3, 0.4) is 0 Å². The molecular formula is C20H16ClNO6. The molecule has 0 saturated heterocycles. The smallest absolute Gasteiger partial charge is 0.374 e. The second-order valence-corrected chi connectivity index (χ2v) is 6.71. The Morgan fingerprint density at radius 3 is 2.82 bits per heavy atom. The first-order valence-corrected chi connectivity index (χ1v) is 8.92. The molecule has 0 aliphatic carbocycles. The lowest BCUT2D eigenvalue weighted by Crippen LogP contribution is -2.31. The highest BCUT2D eigenvalue weighted by Gasteiger charge is 2.19. The van der Waals surface area contributed by atoms with Crippen molar-refractivity contribution in [2.75, 3.05) is 13.4 Å². The molecule has 8 heteroatoms. The van der Waals surface area contributed by atoms with Gasteiger partial charge in [-0.2, -0.15) is 0 Å². The molecule has 0 radical (unpaired) electrons. The van der Waals surface area contributed by atoms with E-state index in [-0.39, 0.29) is 18.6 Å². The van der Waals surface area contributed by atoms with Crippen molar-refractivity contribution in [3.8, 4) is 11.5 Å². The monoisotopic (exact) mass is 401 g/mol. The number of ether oxygens (including phenoxy) is 3. The second-order valence-electron chi connectivity index (χ2n) is 6.27. The van der Waals surface area contributed by atoms with E-state index in [0.29, 0.717) is 27.5 Å². The van der Waals surface area contributed by atoms with Gasteiger partial charge in [0.1, 0.15) is 5.58 Å². The van der Waals surface area contributed by atoms with Gasteiger partial charge < -0.3 is 23.9 Å². The van der Waals surface area contributed by atoms with E-state index in [1.165, 1.54) is 6.07 Å². The molecule has 7 nitrogen and oxygen atoms in total. The number of hydrogen-bond donors (Lipinski definition) is 1. The first kappa shape index (κ1) is 18.2. The van der Waals surface area contributed by atoms with E-state index in [1.54, 1.807) is 30.3 Å². The average molecular weight is 402 g/mol. The molecule has 1 atom stereocenters. The first-order chi connectivity index (χ1) is 13.5. The highest BCUT2D eigenvalue weighted by atomic mass is 35.5. The molecule has 0 bridgehead atoms. The van der Waals surface area contributed by atoms with Crippen molar-refractivity contribution in [3.05, 3.63) is 58.8 Å². The predicted molar refractivity (Wildman–Crippen MR) is 101 cm³/mol. The van der Waals surface area contributed by atoms with Gasteiger partial charge in [-0.05, 0) is 48.9 Å². The highest BCUT2D eigenvalue weighted by molar-refractivity contribution is 6.31. The summed E-state index contributed by atoms with van der Waals surface area (Å²) in [5.74, 6) is 0.156. The van der Waals surface area contributed by atoms with Crippen molar-refractivity contribution in [3.63, 3.8) is 0 Å². The van der Waals surface area contributed by atoms with Gasteiger partial charge in [0.15, 0.2) is 18.1 Å². The van der Waals surface area contributed by atoms with Crippen molar-refractivity contribution >= 4 is 34.4 Å². The van der Waals surface area contributed by atoms with Gasteiger partial charge >= 0.3 is 5.97 Å². The van der Waals surface area contributed by atoms with E-state index in [1.807, 2.05) is 13.0 Å². The van der Waals surface area contributed by atoms with Crippen molar-refractivity contribution in [1.82, 2.24) is 5.32 Å². The Bertz CT molecular complexity index is 1060. The fourth-order valence-corrected chi connectivity index (χ4v) is 3.05. The second kappa shape index (κ2) is 7.44. The minimum absolute atomic E-state index is 0.00823. The van der Waals surface area contributed by atoms with Crippen molar-refractivity contribution in [1.29, 1.82) is 0 Å². The van der Waals surface area contributed by atoms with Crippen LogP contribution in [-0.4, -0.2) is 25.3 Å². The van der Waals surface area contributed by atoms with E-state index in [2.05, 4.69) is 5.32 Å². The van der Waals surface area contributed by atoms with E-state index in [4.69, 9.17) is 30.2 Å². The number of benzene rings is 2. The molecule has 0 spiro atoms. The summed E-state index contributed by atoms with van der Waals surface area (Å²) in [7, 11) is 0. The number of hydrogen-bond acceptors (Lipinski definition) is 6. The van der Waals surface area contributed by atoms with Crippen LogP contribution in [-0.2, 0) is 9.53 Å². The predicted octanol–water partition coefficient (Wildman–Crippen LogP) is 3.85. The molecule has 4 rings (SSSR count). The van der Waals surface area contributed by atoms with E-state index in [0.717, 1.165) is 5.56 Å². The van der Waals surface area contributed by atoms with E-state index in [9.17, 15) is 9.59 Å². The largest absolute Gasteiger partial charge is 0.454 e. The molecule has 1 aliphatic rings. The number of carbonyl (C=O) groups excluding carboxylic acids is 2. The third-order valence-electron chi connectivity index (χ3n) is 4.29. The Hall–Kier alpha value is -3.19. The molecule has 0 unspecified atom stereocenters. The van der Waals surface area contributed by atoms with Gasteiger partial charge in [-0.1, -0.05) is 17.7 Å². The van der Waals surface area contributed by atoms with Gasteiger partial charge in [0.25, 0.3) is 5.91 Å². The van der Waals surface area contributed by atoms with Crippen LogP contribution < -0.4 is 14.8 Å². The minimum atomic E-state index is -0.724. The number of furan rings is 1. The Kier molecular flexibility index (Phi) is 4.83. The van der Waals surface area contributed by atoms with Crippen molar-refractivity contribution in [2.45, 2.75) is 13.0 Å². The van der Waals surface area contributed by atoms with Crippen LogP contribution in [0.2, 0.25) is 5.02 Å². The Balaban J connectivity index is 1.33. The number of amides is 1. The summed E-state index contributed by atoms with van der Waals surface area (Å²) < 4.78 is 21.1. The lowest BCUT2D eigenvalue weighted by atomic mass is 10.1. The summed E-state index contributed by atoms with van der Waals surface area (Å²) in [5, 5.41) is 3.98. The first-order valence-electron chi connectivity index (χ1n) is 8.55. The van der Waals surface area contributed by atoms with Crippen LogP contribution in [0.15, 0.2) is 46.9 Å². The molecule has 3 aromatic rings. The summed E-state index contributed by atoms with van der Waals surface area (Å²) in [5.41, 5.74) is 1.36. The molecule has 1 amide bonds. The zero-order chi connectivity index (χ0) is 19.7. The molecule has 28 heavy (non-hydrogen) atoms. The standard InChI is InChI=1S/C20H16ClNO6/c1-11(12-2-4-16-17(7-12)27-10-26-16)22-19(23)9-25-20(24)18-8-13-6-14(21)3-5-15(13)28-18/h2-8,11H,9-10H2,1H3,(H,22,23)/t11-/m0/s1. The van der Waals surface area contributed by atoms with E-state index < -0.39 is 18.5 Å². The number of halogens is 1. The van der Waals surface area contributed by atoms with Gasteiger partial charge in [-0.15, -0.1) is 0 Å². The molecule has 1 N–H and O–H groups in total. The van der Waals surface area contributed by atoms with Gasteiger partial charge in [0.2, 0.25) is 12.6 Å². The van der Waals surface area contributed by atoms with Gasteiger partial charge in [0, 0.05) is 10.4 Å². The van der Waals surface area contributed by atoms with Crippen LogP contribution >= 0.6 is 11.6 Å². The molecule has 1 aliphatic heterocycles. The zero-order valence-electron chi connectivity index (χ0n) is 14.9. The lowest BCUT2D eigenvalue weighted by Gasteiger charge is -2.14. The molecule has 144 valence electrons. The molecular weight excluding hydrogens is 386 g/mol. The fourth-order valence-electron chi connectivity index (χ4n) is 2.87. The lowest BCUT2D eigenvalue weighted by molar-refractivity contribution is -0.124. The third-order valence-corrected chi connectivity index (χ3v) is 4.52. The molecule has 2 aromatic carbocycles. The van der Waals surface area contributed by atoms with Crippen molar-refractivity contribution in [2.24, 2.45) is 0 Å². The molecule has 1 aromatic heterocycles. The summed E-state index contributed by atoms with van der Waals surface area (Å²) in [6, 6.07) is 11.7. The Morgan fingerprint density at radius 1 is 1.14 bits per heavy atom. The summed E-state index contributed by atoms with van der Waals surface area (Å²) in [6.45, 7) is 1.58. The topological polar surface area (TPSA) is 87.0 Å². The van der Waals surface area contributed by atoms with Crippen LogP contribution in [0.5, 0.6) is 11.5 Å². The number of fused-ring (bicyclic) bond motifs is 2. The normalized spacial score (nSPS) is 13.4. The fraction of sp³-hybridized carbons (Fsp3) is 0.200. The zero-order valence-corrected chi connectivity index (χ0v) is 15.6. The molecule has 2 heterocycles. The maximum absolute atomic E-state index is 12.1. The van der Waals surface area contributed by atoms with Gasteiger partial charge in [-0.25, -0.2) is 4.79 Å². The number of carbonyl (C=O) groups is 2. The van der Waals surface area contributed by atoms with Crippen LogP contribution in [0.1, 0.15) is 29.1 Å². The SMILES string of the molecule is C[C@H](NC(=O)COC(=O)c1cc2cc(Cl)ccc2o1)c1ccc2c(c1)OCO2. The van der Waals surface area contributed by atoms with Gasteiger partial charge in [0.05, 0.1) is 6.04 Å². The van der Waals surface area contributed by atoms with Crippen LogP contribution in [0.25, 0.3) is 11.0 Å². The van der Waals surface area contributed by atoms with Crippen LogP contribution in [0, 0.1) is 0 Å². The number of nitrogens with one attached hydrogen (secondary N) is 1. The highest BCUT2D eigenvalue weighted by Crippen LogP contribution is 2.34. The summed E-state index contributed by atoms with van der Waals surface area (Å²) >= 11 is 5.91. The summed E-state index contributed by atoms with van der Waals surface area (Å²) in [6.07, 6.45) is 0. The number of rotatable bonds is 5. The Labute approximate surface area is 165 Å². The van der Waals surface area contributed by atoms with E-state index >= 15 is 0 Å². The van der Waals surface area contributed by atoms with Crippen molar-refractivity contribution < 1.29 is 28.2 Å². The average Bonchev–Trinajstić information content (AvgIpc) is 3.31. The van der Waals surface area contributed by atoms with Gasteiger partial charge in [-0.3, -0.25) is 4.79 Å². The molecule has 0 saturated carbocycles. The third kappa shape index (κ3) is 3.75.